The monoisotopic (exact) mass is 452 g/mol. The molecule has 1 unspecified atom stereocenters. The number of hydrogen-bond donors (Lipinski definition) is 3. The van der Waals surface area contributed by atoms with Crippen LogP contribution in [-0.4, -0.2) is 42.3 Å². The van der Waals surface area contributed by atoms with Crippen molar-refractivity contribution in [3.8, 4) is 11.1 Å². The van der Waals surface area contributed by atoms with Crippen molar-refractivity contribution in [1.29, 1.82) is 0 Å². The molecule has 2 aromatic carbocycles. The number of nitrogens with one attached hydrogen (secondary N) is 2. The van der Waals surface area contributed by atoms with E-state index >= 15 is 0 Å². The summed E-state index contributed by atoms with van der Waals surface area (Å²) in [6, 6.07) is 16.0. The van der Waals surface area contributed by atoms with Crippen molar-refractivity contribution in [2.45, 2.75) is 51.5 Å². The Labute approximate surface area is 194 Å². The molecule has 0 spiro atoms. The summed E-state index contributed by atoms with van der Waals surface area (Å²) in [7, 11) is 0. The van der Waals surface area contributed by atoms with Crippen LogP contribution in [0.3, 0.4) is 0 Å². The molecule has 33 heavy (non-hydrogen) atoms. The highest BCUT2D eigenvalue weighted by molar-refractivity contribution is 5.79. The second-order valence-electron chi connectivity index (χ2n) is 8.75. The summed E-state index contributed by atoms with van der Waals surface area (Å²) in [6.07, 6.45) is 1.19. The Morgan fingerprint density at radius 3 is 2.18 bits per heavy atom. The molecule has 0 fully saturated rings. The zero-order valence-electron chi connectivity index (χ0n) is 19.2. The number of carbonyl (C=O) groups excluding carboxylic acids is 2. The molecule has 7 heteroatoms. The van der Waals surface area contributed by atoms with Gasteiger partial charge in [0, 0.05) is 24.9 Å². The number of rotatable bonds is 11. The highest BCUT2D eigenvalue weighted by Gasteiger charge is 2.28. The van der Waals surface area contributed by atoms with Crippen molar-refractivity contribution in [2.24, 2.45) is 5.92 Å². The Hall–Kier alpha value is -3.35. The van der Waals surface area contributed by atoms with Crippen molar-refractivity contribution in [1.82, 2.24) is 10.6 Å². The fourth-order valence-electron chi connectivity index (χ4n) is 4.25. The van der Waals surface area contributed by atoms with Crippen molar-refractivity contribution < 1.29 is 24.2 Å². The van der Waals surface area contributed by atoms with E-state index in [2.05, 4.69) is 34.9 Å². The van der Waals surface area contributed by atoms with Crippen molar-refractivity contribution >= 4 is 18.0 Å². The SMILES string of the molecule is CC(CCNC(=O)OCC1c2ccccc2-c2ccccc21)CCC(=O)N[C@H](C)CC(=O)O. The Balaban J connectivity index is 1.37. The van der Waals surface area contributed by atoms with Crippen LogP contribution in [0.1, 0.15) is 56.6 Å². The van der Waals surface area contributed by atoms with Gasteiger partial charge in [-0.3, -0.25) is 9.59 Å². The number of alkyl carbamates (subject to hydrolysis) is 1. The molecule has 0 aliphatic heterocycles. The lowest BCUT2D eigenvalue weighted by atomic mass is 9.98. The highest BCUT2D eigenvalue weighted by atomic mass is 16.5. The van der Waals surface area contributed by atoms with E-state index in [4.69, 9.17) is 9.84 Å². The predicted molar refractivity (Wildman–Crippen MR) is 126 cm³/mol. The first-order valence-electron chi connectivity index (χ1n) is 11.4. The van der Waals surface area contributed by atoms with Gasteiger partial charge in [-0.15, -0.1) is 0 Å². The quantitative estimate of drug-likeness (QED) is 0.471. The normalized spacial score (nSPS) is 14.0. The van der Waals surface area contributed by atoms with E-state index in [9.17, 15) is 14.4 Å². The smallest absolute Gasteiger partial charge is 0.407 e. The molecule has 2 aromatic rings. The zero-order valence-corrected chi connectivity index (χ0v) is 19.2. The van der Waals surface area contributed by atoms with Gasteiger partial charge < -0.3 is 20.5 Å². The molecule has 1 aliphatic rings. The van der Waals surface area contributed by atoms with E-state index in [0.717, 1.165) is 6.42 Å². The molecule has 0 bridgehead atoms. The van der Waals surface area contributed by atoms with E-state index < -0.39 is 12.1 Å². The van der Waals surface area contributed by atoms with Gasteiger partial charge in [-0.05, 0) is 47.9 Å². The minimum atomic E-state index is -0.935. The average Bonchev–Trinajstić information content (AvgIpc) is 3.09. The molecular weight excluding hydrogens is 420 g/mol. The molecule has 176 valence electrons. The van der Waals surface area contributed by atoms with E-state index in [1.54, 1.807) is 6.92 Å². The number of benzene rings is 2. The fourth-order valence-corrected chi connectivity index (χ4v) is 4.25. The molecule has 2 atom stereocenters. The van der Waals surface area contributed by atoms with Crippen molar-refractivity contribution in [2.75, 3.05) is 13.2 Å². The largest absolute Gasteiger partial charge is 0.481 e. The molecule has 1 aliphatic carbocycles. The number of carbonyl (C=O) groups is 3. The van der Waals surface area contributed by atoms with Crippen molar-refractivity contribution in [3.63, 3.8) is 0 Å². The predicted octanol–water partition coefficient (Wildman–Crippen LogP) is 4.31. The Morgan fingerprint density at radius 2 is 1.58 bits per heavy atom. The molecular formula is C26H32N2O5. The summed E-state index contributed by atoms with van der Waals surface area (Å²) in [5.41, 5.74) is 4.74. The number of amides is 2. The van der Waals surface area contributed by atoms with E-state index in [1.807, 2.05) is 31.2 Å². The summed E-state index contributed by atoms with van der Waals surface area (Å²) < 4.78 is 5.53. The van der Waals surface area contributed by atoms with Crippen molar-refractivity contribution in [3.05, 3.63) is 59.7 Å². The summed E-state index contributed by atoms with van der Waals surface area (Å²) >= 11 is 0. The Kier molecular flexibility index (Phi) is 8.46. The van der Waals surface area contributed by atoms with Gasteiger partial charge in [0.25, 0.3) is 0 Å². The maximum atomic E-state index is 12.2. The molecule has 2 amide bonds. The third-order valence-electron chi connectivity index (χ3n) is 6.00. The number of carboxylic acid groups (broad SMARTS) is 1. The van der Waals surface area contributed by atoms with Gasteiger partial charge in [0.15, 0.2) is 0 Å². The van der Waals surface area contributed by atoms with Gasteiger partial charge >= 0.3 is 12.1 Å². The number of hydrogen-bond acceptors (Lipinski definition) is 4. The number of aliphatic carboxylic acids is 1. The van der Waals surface area contributed by atoms with Crippen LogP contribution in [0.15, 0.2) is 48.5 Å². The summed E-state index contributed by atoms with van der Waals surface area (Å²) in [5, 5.41) is 14.2. The van der Waals surface area contributed by atoms with E-state index in [-0.39, 0.29) is 36.8 Å². The minimum absolute atomic E-state index is 0.0316. The van der Waals surface area contributed by atoms with Crippen LogP contribution in [-0.2, 0) is 14.3 Å². The minimum Gasteiger partial charge on any atom is -0.481 e. The van der Waals surface area contributed by atoms with Crippen LogP contribution >= 0.6 is 0 Å². The van der Waals surface area contributed by atoms with Gasteiger partial charge in [-0.1, -0.05) is 55.5 Å². The molecule has 0 saturated heterocycles. The second kappa shape index (κ2) is 11.5. The number of carboxylic acids is 1. The third-order valence-corrected chi connectivity index (χ3v) is 6.00. The van der Waals surface area contributed by atoms with Crippen LogP contribution in [0.2, 0.25) is 0 Å². The molecule has 0 radical (unpaired) electrons. The topological polar surface area (TPSA) is 105 Å². The van der Waals surface area contributed by atoms with Gasteiger partial charge in [-0.2, -0.15) is 0 Å². The fraction of sp³-hybridized carbons (Fsp3) is 0.423. The lowest BCUT2D eigenvalue weighted by Gasteiger charge is -2.16. The summed E-state index contributed by atoms with van der Waals surface area (Å²) in [5.74, 6) is -0.820. The number of fused-ring (bicyclic) bond motifs is 3. The van der Waals surface area contributed by atoms with Crippen LogP contribution in [0.4, 0.5) is 4.79 Å². The van der Waals surface area contributed by atoms with Crippen LogP contribution < -0.4 is 10.6 Å². The number of ether oxygens (including phenoxy) is 1. The lowest BCUT2D eigenvalue weighted by molar-refractivity contribution is -0.137. The van der Waals surface area contributed by atoms with Gasteiger partial charge in [0.1, 0.15) is 6.61 Å². The highest BCUT2D eigenvalue weighted by Crippen LogP contribution is 2.44. The van der Waals surface area contributed by atoms with E-state index in [0.29, 0.717) is 19.4 Å². The van der Waals surface area contributed by atoms with Gasteiger partial charge in [0.2, 0.25) is 5.91 Å². The molecule has 3 rings (SSSR count). The molecule has 3 N–H and O–H groups in total. The van der Waals surface area contributed by atoms with Crippen LogP contribution in [0, 0.1) is 5.92 Å². The summed E-state index contributed by atoms with van der Waals surface area (Å²) in [4.78, 5) is 34.8. The maximum Gasteiger partial charge on any atom is 0.407 e. The molecule has 0 saturated carbocycles. The zero-order chi connectivity index (χ0) is 23.8. The Morgan fingerprint density at radius 1 is 0.970 bits per heavy atom. The first-order valence-corrected chi connectivity index (χ1v) is 11.4. The van der Waals surface area contributed by atoms with Gasteiger partial charge in [0.05, 0.1) is 6.42 Å². The third kappa shape index (κ3) is 6.81. The summed E-state index contributed by atoms with van der Waals surface area (Å²) in [6.45, 7) is 4.44. The second-order valence-corrected chi connectivity index (χ2v) is 8.75. The lowest BCUT2D eigenvalue weighted by Crippen LogP contribution is -2.34. The van der Waals surface area contributed by atoms with E-state index in [1.165, 1.54) is 22.3 Å². The first kappa shape index (κ1) is 24.3. The van der Waals surface area contributed by atoms with Crippen LogP contribution in [0.25, 0.3) is 11.1 Å². The standard InChI is InChI=1S/C26H32N2O5/c1-17(11-12-24(29)28-18(2)15-25(30)31)13-14-27-26(32)33-16-23-21-9-5-3-7-19(21)20-8-4-6-10-22(20)23/h3-10,17-18,23H,11-16H2,1-2H3,(H,27,32)(H,28,29)(H,30,31)/t17?,18-/m1/s1. The molecule has 0 heterocycles. The maximum absolute atomic E-state index is 12.2. The average molecular weight is 453 g/mol. The molecule has 0 aromatic heterocycles. The van der Waals surface area contributed by atoms with Crippen LogP contribution in [0.5, 0.6) is 0 Å². The Bertz CT molecular complexity index is 945. The van der Waals surface area contributed by atoms with Gasteiger partial charge in [-0.25, -0.2) is 4.79 Å². The molecule has 7 nitrogen and oxygen atoms in total. The first-order chi connectivity index (χ1) is 15.8.